The van der Waals surface area contributed by atoms with Gasteiger partial charge in [-0.1, -0.05) is 36.4 Å². The van der Waals surface area contributed by atoms with Gasteiger partial charge in [0, 0.05) is 25.8 Å². The summed E-state index contributed by atoms with van der Waals surface area (Å²) in [5.41, 5.74) is 8.38. The van der Waals surface area contributed by atoms with E-state index in [0.717, 1.165) is 18.8 Å². The smallest absolute Gasteiger partial charge is 0.131 e. The Hall–Kier alpha value is -1.87. The van der Waals surface area contributed by atoms with E-state index in [9.17, 15) is 0 Å². The summed E-state index contributed by atoms with van der Waals surface area (Å²) < 4.78 is 0. The van der Waals surface area contributed by atoms with E-state index in [0.29, 0.717) is 0 Å². The molecule has 19 heavy (non-hydrogen) atoms. The van der Waals surface area contributed by atoms with Crippen molar-refractivity contribution in [2.75, 3.05) is 11.9 Å². The number of hydrogen-bond acceptors (Lipinski definition) is 3. The van der Waals surface area contributed by atoms with Gasteiger partial charge in [0.1, 0.15) is 5.82 Å². The summed E-state index contributed by atoms with van der Waals surface area (Å²) in [5, 5.41) is 0. The lowest BCUT2D eigenvalue weighted by atomic mass is 10.1. The van der Waals surface area contributed by atoms with Crippen LogP contribution in [0.3, 0.4) is 0 Å². The molecule has 1 aromatic carbocycles. The largest absolute Gasteiger partial charge is 0.355 e. The number of aromatic nitrogens is 1. The van der Waals surface area contributed by atoms with Crippen molar-refractivity contribution in [2.45, 2.75) is 25.9 Å². The molecular formula is C16H21N3. The van der Waals surface area contributed by atoms with Crippen LogP contribution in [0.5, 0.6) is 0 Å². The number of nitrogens with zero attached hydrogens (tertiary/aromatic N) is 2. The second kappa shape index (κ2) is 6.34. The highest BCUT2D eigenvalue weighted by atomic mass is 15.2. The van der Waals surface area contributed by atoms with Gasteiger partial charge in [-0.05, 0) is 30.5 Å². The maximum Gasteiger partial charge on any atom is 0.131 e. The van der Waals surface area contributed by atoms with Crippen LogP contribution in [0.4, 0.5) is 5.82 Å². The van der Waals surface area contributed by atoms with Crippen molar-refractivity contribution >= 4 is 5.82 Å². The lowest BCUT2D eigenvalue weighted by Crippen LogP contribution is -2.23. The lowest BCUT2D eigenvalue weighted by Gasteiger charge is -2.22. The molecule has 0 saturated heterocycles. The van der Waals surface area contributed by atoms with Gasteiger partial charge in [0.25, 0.3) is 0 Å². The van der Waals surface area contributed by atoms with Gasteiger partial charge in [0.05, 0.1) is 0 Å². The maximum atomic E-state index is 5.90. The highest BCUT2D eigenvalue weighted by Gasteiger charge is 2.10. The normalized spacial score (nSPS) is 12.2. The van der Waals surface area contributed by atoms with Crippen LogP contribution in [-0.4, -0.2) is 18.1 Å². The third kappa shape index (κ3) is 3.80. The van der Waals surface area contributed by atoms with Crippen molar-refractivity contribution in [3.8, 4) is 0 Å². The molecule has 2 aromatic rings. The number of benzene rings is 1. The fraction of sp³-hybridized carbons (Fsp3) is 0.312. The Bertz CT molecular complexity index is 508. The molecule has 1 atom stereocenters. The molecule has 0 aliphatic rings. The minimum atomic E-state index is 0.146. The van der Waals surface area contributed by atoms with Crippen LogP contribution in [-0.2, 0) is 13.0 Å². The highest BCUT2D eigenvalue weighted by molar-refractivity contribution is 5.47. The average Bonchev–Trinajstić information content (AvgIpc) is 2.39. The molecule has 0 spiro atoms. The molecule has 2 rings (SSSR count). The zero-order valence-corrected chi connectivity index (χ0v) is 11.6. The molecule has 0 radical (unpaired) electrons. The molecular weight excluding hydrogens is 234 g/mol. The van der Waals surface area contributed by atoms with Crippen LogP contribution in [0.2, 0.25) is 0 Å². The Kier molecular flexibility index (Phi) is 4.53. The molecule has 100 valence electrons. The molecule has 1 heterocycles. The third-order valence-electron chi connectivity index (χ3n) is 3.03. The summed E-state index contributed by atoms with van der Waals surface area (Å²) >= 11 is 0. The van der Waals surface area contributed by atoms with Gasteiger partial charge in [-0.3, -0.25) is 0 Å². The molecule has 0 bridgehead atoms. The number of nitrogens with two attached hydrogens (primary N) is 1. The van der Waals surface area contributed by atoms with Gasteiger partial charge in [-0.25, -0.2) is 4.98 Å². The van der Waals surface area contributed by atoms with Gasteiger partial charge < -0.3 is 10.6 Å². The standard InChI is InChI=1S/C16H21N3/c1-13(17)11-15-9-6-10-18-16(15)19(2)12-14-7-4-3-5-8-14/h3-10,13H,11-12,17H2,1-2H3. The first kappa shape index (κ1) is 13.6. The molecule has 1 aromatic heterocycles. The van der Waals surface area contributed by atoms with E-state index in [1.165, 1.54) is 11.1 Å². The fourth-order valence-electron chi connectivity index (χ4n) is 2.21. The Morgan fingerprint density at radius 3 is 2.58 bits per heavy atom. The molecule has 0 fully saturated rings. The van der Waals surface area contributed by atoms with Crippen molar-refractivity contribution in [1.82, 2.24) is 4.98 Å². The fourth-order valence-corrected chi connectivity index (χ4v) is 2.21. The van der Waals surface area contributed by atoms with Crippen molar-refractivity contribution in [3.05, 3.63) is 59.8 Å². The highest BCUT2D eigenvalue weighted by Crippen LogP contribution is 2.19. The average molecular weight is 255 g/mol. The van der Waals surface area contributed by atoms with E-state index in [2.05, 4.69) is 47.3 Å². The Balaban J connectivity index is 2.16. The van der Waals surface area contributed by atoms with E-state index < -0.39 is 0 Å². The molecule has 0 aliphatic heterocycles. The van der Waals surface area contributed by atoms with E-state index in [1.54, 1.807) is 0 Å². The summed E-state index contributed by atoms with van der Waals surface area (Å²) in [6, 6.07) is 14.6. The third-order valence-corrected chi connectivity index (χ3v) is 3.03. The Morgan fingerprint density at radius 2 is 1.89 bits per heavy atom. The second-order valence-electron chi connectivity index (χ2n) is 5.01. The quantitative estimate of drug-likeness (QED) is 0.893. The van der Waals surface area contributed by atoms with Gasteiger partial charge in [0.15, 0.2) is 0 Å². The number of rotatable bonds is 5. The number of hydrogen-bond donors (Lipinski definition) is 1. The first-order chi connectivity index (χ1) is 9.16. The first-order valence-corrected chi connectivity index (χ1v) is 6.61. The van der Waals surface area contributed by atoms with Crippen LogP contribution in [0.25, 0.3) is 0 Å². The summed E-state index contributed by atoms with van der Waals surface area (Å²) in [4.78, 5) is 6.67. The van der Waals surface area contributed by atoms with E-state index in [1.807, 2.05) is 25.3 Å². The number of anilines is 1. The van der Waals surface area contributed by atoms with Crippen LogP contribution < -0.4 is 10.6 Å². The zero-order valence-electron chi connectivity index (χ0n) is 11.6. The molecule has 2 N–H and O–H groups in total. The van der Waals surface area contributed by atoms with Crippen molar-refractivity contribution in [2.24, 2.45) is 5.73 Å². The summed E-state index contributed by atoms with van der Waals surface area (Å²) in [6.07, 6.45) is 2.68. The molecule has 0 amide bonds. The lowest BCUT2D eigenvalue weighted by molar-refractivity contribution is 0.730. The minimum Gasteiger partial charge on any atom is -0.355 e. The monoisotopic (exact) mass is 255 g/mol. The topological polar surface area (TPSA) is 42.1 Å². The second-order valence-corrected chi connectivity index (χ2v) is 5.01. The zero-order chi connectivity index (χ0) is 13.7. The maximum absolute atomic E-state index is 5.90. The SMILES string of the molecule is CC(N)Cc1cccnc1N(C)Cc1ccccc1. The van der Waals surface area contributed by atoms with Crippen LogP contribution in [0.15, 0.2) is 48.7 Å². The summed E-state index contributed by atoms with van der Waals surface area (Å²) in [7, 11) is 2.07. The van der Waals surface area contributed by atoms with Gasteiger partial charge in [0.2, 0.25) is 0 Å². The van der Waals surface area contributed by atoms with Crippen LogP contribution in [0, 0.1) is 0 Å². The molecule has 0 aliphatic carbocycles. The van der Waals surface area contributed by atoms with Gasteiger partial charge in [-0.15, -0.1) is 0 Å². The van der Waals surface area contributed by atoms with E-state index >= 15 is 0 Å². The van der Waals surface area contributed by atoms with Crippen LogP contribution in [0.1, 0.15) is 18.1 Å². The van der Waals surface area contributed by atoms with Crippen molar-refractivity contribution in [1.29, 1.82) is 0 Å². The Labute approximate surface area is 115 Å². The minimum absolute atomic E-state index is 0.146. The molecule has 3 nitrogen and oxygen atoms in total. The molecule has 0 saturated carbocycles. The van der Waals surface area contributed by atoms with Gasteiger partial charge in [-0.2, -0.15) is 0 Å². The first-order valence-electron chi connectivity index (χ1n) is 6.61. The Morgan fingerprint density at radius 1 is 1.16 bits per heavy atom. The van der Waals surface area contributed by atoms with E-state index in [4.69, 9.17) is 5.73 Å². The van der Waals surface area contributed by atoms with Crippen molar-refractivity contribution in [3.63, 3.8) is 0 Å². The summed E-state index contributed by atoms with van der Waals surface area (Å²) in [5.74, 6) is 1.02. The predicted octanol–water partition coefficient (Wildman–Crippen LogP) is 2.61. The number of pyridine rings is 1. The molecule has 1 unspecified atom stereocenters. The molecule has 3 heteroatoms. The predicted molar refractivity (Wildman–Crippen MR) is 80.1 cm³/mol. The van der Waals surface area contributed by atoms with Crippen LogP contribution >= 0.6 is 0 Å². The summed E-state index contributed by atoms with van der Waals surface area (Å²) in [6.45, 7) is 2.87. The van der Waals surface area contributed by atoms with E-state index in [-0.39, 0.29) is 6.04 Å². The van der Waals surface area contributed by atoms with Gasteiger partial charge >= 0.3 is 0 Å². The van der Waals surface area contributed by atoms with Crippen molar-refractivity contribution < 1.29 is 0 Å².